The molecule has 5 rings (SSSR count). The molecule has 3 heterocycles. The van der Waals surface area contributed by atoms with Crippen molar-refractivity contribution in [1.82, 2.24) is 24.8 Å². The first-order chi connectivity index (χ1) is 18.6. The smallest absolute Gasteiger partial charge is 0.406 e. The number of fused-ring (bicyclic) bond motifs is 2. The van der Waals surface area contributed by atoms with E-state index >= 15 is 0 Å². The lowest BCUT2D eigenvalue weighted by Gasteiger charge is -2.31. The average Bonchev–Trinajstić information content (AvgIpc) is 3.45. The van der Waals surface area contributed by atoms with E-state index in [1.807, 2.05) is 0 Å². The number of piperidine rings is 1. The van der Waals surface area contributed by atoms with Gasteiger partial charge in [0.1, 0.15) is 5.75 Å². The molecule has 1 aliphatic heterocycles. The molecule has 0 radical (unpaired) electrons. The molecule has 2 aromatic heterocycles. The van der Waals surface area contributed by atoms with Crippen LogP contribution in [0.1, 0.15) is 23.2 Å². The summed E-state index contributed by atoms with van der Waals surface area (Å²) in [5, 5.41) is 6.21. The molecular weight excluding hydrogens is 535 g/mol. The van der Waals surface area contributed by atoms with E-state index in [4.69, 9.17) is 5.73 Å². The molecule has 2 amide bonds. The number of amides is 2. The molecule has 14 heteroatoms. The van der Waals surface area contributed by atoms with E-state index in [0.717, 1.165) is 29.7 Å². The maximum absolute atomic E-state index is 12.7. The molecule has 0 spiro atoms. The number of imidazole rings is 1. The van der Waals surface area contributed by atoms with Crippen molar-refractivity contribution in [3.8, 4) is 5.75 Å². The Morgan fingerprint density at radius 1 is 1.13 bits per heavy atom. The number of benzene rings is 2. The normalized spacial score (nSPS) is 14.6. The lowest BCUT2D eigenvalue weighted by molar-refractivity contribution is -0.274. The summed E-state index contributed by atoms with van der Waals surface area (Å²) in [5.74, 6) is 0.0389. The zero-order valence-corrected chi connectivity index (χ0v) is 21.7. The van der Waals surface area contributed by atoms with E-state index in [1.54, 1.807) is 34.7 Å². The third-order valence-corrected chi connectivity index (χ3v) is 7.59. The van der Waals surface area contributed by atoms with Gasteiger partial charge in [0.25, 0.3) is 5.91 Å². The number of thiazole rings is 1. The van der Waals surface area contributed by atoms with Crippen LogP contribution in [-0.2, 0) is 11.8 Å². The molecule has 4 N–H and O–H groups in total. The number of ether oxygens (including phenoxy) is 1. The van der Waals surface area contributed by atoms with Crippen molar-refractivity contribution in [2.75, 3.05) is 31.5 Å². The number of carbonyl (C=O) groups excluding carboxylic acids is 2. The molecule has 10 nitrogen and oxygen atoms in total. The second-order valence-corrected chi connectivity index (χ2v) is 10.3. The molecule has 0 bridgehead atoms. The maximum Gasteiger partial charge on any atom is 0.573 e. The second-order valence-electron chi connectivity index (χ2n) is 9.26. The van der Waals surface area contributed by atoms with E-state index < -0.39 is 6.36 Å². The van der Waals surface area contributed by atoms with Crippen LogP contribution in [0.4, 0.5) is 24.3 Å². The van der Waals surface area contributed by atoms with Crippen LogP contribution < -0.4 is 21.1 Å². The Bertz CT molecular complexity index is 1530. The number of hydrogen-bond donors (Lipinski definition) is 3. The standard InChI is InChI=1S/C25H26F3N7O3S/c1-34-19-5-2-15(22(37)30-13-21(36)35-8-6-14(12-29)7-9-35)10-18(19)31-23(34)33-24-32-17-4-3-16(11-20(17)39-24)38-25(26,27)28/h2-5,10-11,14H,6-9,12-13,29H2,1H3,(H,30,37)(H,31,32,33). The number of hydrogen-bond acceptors (Lipinski definition) is 8. The van der Waals surface area contributed by atoms with Gasteiger partial charge >= 0.3 is 6.36 Å². The van der Waals surface area contributed by atoms with Crippen LogP contribution >= 0.6 is 11.3 Å². The van der Waals surface area contributed by atoms with Crippen molar-refractivity contribution >= 4 is 55.5 Å². The van der Waals surface area contributed by atoms with Gasteiger partial charge in [-0.3, -0.25) is 9.59 Å². The Hall–Kier alpha value is -3.91. The molecule has 0 unspecified atom stereocenters. The average molecular weight is 562 g/mol. The minimum atomic E-state index is -4.78. The van der Waals surface area contributed by atoms with Crippen molar-refractivity contribution in [3.05, 3.63) is 42.0 Å². The molecule has 2 aromatic carbocycles. The fourth-order valence-corrected chi connectivity index (χ4v) is 5.38. The number of anilines is 2. The highest BCUT2D eigenvalue weighted by atomic mass is 32.1. The number of nitrogens with zero attached hydrogens (tertiary/aromatic N) is 4. The molecule has 1 aliphatic rings. The Morgan fingerprint density at radius 2 is 1.90 bits per heavy atom. The Labute approximate surface area is 224 Å². The van der Waals surface area contributed by atoms with Gasteiger partial charge in [-0.15, -0.1) is 13.2 Å². The van der Waals surface area contributed by atoms with E-state index in [1.165, 1.54) is 18.2 Å². The van der Waals surface area contributed by atoms with Gasteiger partial charge in [0.15, 0.2) is 5.13 Å². The van der Waals surface area contributed by atoms with Gasteiger partial charge in [0, 0.05) is 31.8 Å². The summed E-state index contributed by atoms with van der Waals surface area (Å²) < 4.78 is 43.9. The van der Waals surface area contributed by atoms with Gasteiger partial charge in [-0.05, 0) is 55.6 Å². The molecule has 0 aliphatic carbocycles. The topological polar surface area (TPSA) is 127 Å². The number of aromatic nitrogens is 3. The quantitative estimate of drug-likeness (QED) is 0.314. The van der Waals surface area contributed by atoms with Crippen LogP contribution in [0.5, 0.6) is 5.75 Å². The highest BCUT2D eigenvalue weighted by Crippen LogP contribution is 2.33. The Morgan fingerprint density at radius 3 is 2.62 bits per heavy atom. The zero-order valence-electron chi connectivity index (χ0n) is 20.9. The fraction of sp³-hybridized carbons (Fsp3) is 0.360. The number of alkyl halides is 3. The molecule has 39 heavy (non-hydrogen) atoms. The van der Waals surface area contributed by atoms with Gasteiger partial charge < -0.3 is 30.6 Å². The van der Waals surface area contributed by atoms with Crippen LogP contribution in [0.15, 0.2) is 36.4 Å². The van der Waals surface area contributed by atoms with Crippen molar-refractivity contribution in [2.24, 2.45) is 18.7 Å². The summed E-state index contributed by atoms with van der Waals surface area (Å²) in [6.45, 7) is 1.81. The first-order valence-corrected chi connectivity index (χ1v) is 13.1. The van der Waals surface area contributed by atoms with Crippen LogP contribution in [0.3, 0.4) is 0 Å². The van der Waals surface area contributed by atoms with Crippen molar-refractivity contribution in [3.63, 3.8) is 0 Å². The Balaban J connectivity index is 1.25. The van der Waals surface area contributed by atoms with Gasteiger partial charge in [0.05, 0.1) is 27.8 Å². The minimum absolute atomic E-state index is 0.0908. The third-order valence-electron chi connectivity index (χ3n) is 6.66. The number of carbonyl (C=O) groups is 2. The van der Waals surface area contributed by atoms with E-state index in [9.17, 15) is 22.8 Å². The predicted octanol–water partition coefficient (Wildman–Crippen LogP) is 3.75. The third kappa shape index (κ3) is 6.06. The molecular formula is C25H26F3N7O3S. The van der Waals surface area contributed by atoms with E-state index in [0.29, 0.717) is 57.9 Å². The summed E-state index contributed by atoms with van der Waals surface area (Å²) >= 11 is 1.15. The SMILES string of the molecule is Cn1c(Nc2nc3ccc(OC(F)(F)F)cc3s2)nc2cc(C(=O)NCC(=O)N3CCC(CN)CC3)ccc21. The number of likely N-dealkylation sites (tertiary alicyclic amines) is 1. The number of nitrogens with one attached hydrogen (secondary N) is 2. The van der Waals surface area contributed by atoms with Gasteiger partial charge in [0.2, 0.25) is 11.9 Å². The minimum Gasteiger partial charge on any atom is -0.406 e. The second kappa shape index (κ2) is 10.7. The number of nitrogens with two attached hydrogens (primary N) is 1. The van der Waals surface area contributed by atoms with Crippen molar-refractivity contribution < 1.29 is 27.5 Å². The zero-order chi connectivity index (χ0) is 27.7. The number of halogens is 3. The van der Waals surface area contributed by atoms with Crippen molar-refractivity contribution in [2.45, 2.75) is 19.2 Å². The van der Waals surface area contributed by atoms with Crippen molar-refractivity contribution in [1.29, 1.82) is 0 Å². The fourth-order valence-electron chi connectivity index (χ4n) is 4.49. The molecule has 206 valence electrons. The van der Waals surface area contributed by atoms with Crippen LogP contribution in [-0.4, -0.2) is 63.8 Å². The maximum atomic E-state index is 12.7. The summed E-state index contributed by atoms with van der Waals surface area (Å²) in [4.78, 5) is 35.9. The number of aryl methyl sites for hydroxylation is 1. The predicted molar refractivity (Wildman–Crippen MR) is 141 cm³/mol. The molecule has 1 fully saturated rings. The highest BCUT2D eigenvalue weighted by Gasteiger charge is 2.31. The first kappa shape index (κ1) is 26.7. The molecule has 0 saturated carbocycles. The number of rotatable bonds is 7. The monoisotopic (exact) mass is 561 g/mol. The Kier molecular flexibility index (Phi) is 7.32. The van der Waals surface area contributed by atoms with Gasteiger partial charge in [-0.25, -0.2) is 9.97 Å². The van der Waals surface area contributed by atoms with Crippen LogP contribution in [0.2, 0.25) is 0 Å². The summed E-state index contributed by atoms with van der Waals surface area (Å²) in [6.07, 6.45) is -3.04. The molecule has 1 saturated heterocycles. The van der Waals surface area contributed by atoms with Gasteiger partial charge in [-0.2, -0.15) is 0 Å². The van der Waals surface area contributed by atoms with Crippen LogP contribution in [0, 0.1) is 5.92 Å². The highest BCUT2D eigenvalue weighted by molar-refractivity contribution is 7.22. The molecule has 4 aromatic rings. The summed E-state index contributed by atoms with van der Waals surface area (Å²) in [7, 11) is 1.78. The lowest BCUT2D eigenvalue weighted by Crippen LogP contribution is -2.44. The van der Waals surface area contributed by atoms with E-state index in [2.05, 4.69) is 25.3 Å². The van der Waals surface area contributed by atoms with Crippen LogP contribution in [0.25, 0.3) is 21.3 Å². The van der Waals surface area contributed by atoms with Gasteiger partial charge in [-0.1, -0.05) is 11.3 Å². The van der Waals surface area contributed by atoms with E-state index in [-0.39, 0.29) is 24.1 Å². The summed E-state index contributed by atoms with van der Waals surface area (Å²) in [6, 6.07) is 8.97. The lowest BCUT2D eigenvalue weighted by atomic mass is 9.97. The summed E-state index contributed by atoms with van der Waals surface area (Å²) in [5.41, 5.74) is 7.86. The molecule has 0 atom stereocenters. The largest absolute Gasteiger partial charge is 0.573 e. The first-order valence-electron chi connectivity index (χ1n) is 12.3.